The van der Waals surface area contributed by atoms with Gasteiger partial charge in [0.1, 0.15) is 0 Å². The molecule has 1 aromatic carbocycles. The Morgan fingerprint density at radius 3 is 2.55 bits per heavy atom. The van der Waals surface area contributed by atoms with Gasteiger partial charge >= 0.3 is 0 Å². The van der Waals surface area contributed by atoms with Gasteiger partial charge in [0, 0.05) is 31.6 Å². The lowest BCUT2D eigenvalue weighted by Crippen LogP contribution is -2.40. The lowest BCUT2D eigenvalue weighted by Gasteiger charge is -2.31. The maximum absolute atomic E-state index is 12.3. The van der Waals surface area contributed by atoms with Crippen LogP contribution in [-0.2, 0) is 14.8 Å². The zero-order valence-electron chi connectivity index (χ0n) is 12.8. The number of nitrogens with one attached hydrogen (secondary N) is 1. The number of benzene rings is 1. The van der Waals surface area contributed by atoms with Gasteiger partial charge in [-0.1, -0.05) is 17.7 Å². The van der Waals surface area contributed by atoms with Crippen LogP contribution in [0.2, 0.25) is 5.02 Å². The highest BCUT2D eigenvalue weighted by Gasteiger charge is 2.23. The highest BCUT2D eigenvalue weighted by atomic mass is 35.5. The van der Waals surface area contributed by atoms with Crippen LogP contribution in [0.1, 0.15) is 25.3 Å². The molecule has 0 unspecified atom stereocenters. The molecule has 22 heavy (non-hydrogen) atoms. The quantitative estimate of drug-likeness (QED) is 0.910. The summed E-state index contributed by atoms with van der Waals surface area (Å²) in [5, 5.41) is 0.442. The molecule has 0 saturated carbocycles. The molecule has 1 aliphatic heterocycles. The topological polar surface area (TPSA) is 66.5 Å². The molecule has 1 fully saturated rings. The lowest BCUT2D eigenvalue weighted by atomic mass is 9.97. The fourth-order valence-electron chi connectivity index (χ4n) is 2.50. The molecule has 1 aromatic rings. The summed E-state index contributed by atoms with van der Waals surface area (Å²) in [6.07, 6.45) is 1.63. The van der Waals surface area contributed by atoms with Crippen molar-refractivity contribution in [3.63, 3.8) is 0 Å². The zero-order chi connectivity index (χ0) is 16.3. The van der Waals surface area contributed by atoms with Gasteiger partial charge in [-0.05, 0) is 43.4 Å². The minimum Gasteiger partial charge on any atom is -0.343 e. The van der Waals surface area contributed by atoms with Crippen LogP contribution in [0.25, 0.3) is 0 Å². The molecule has 5 nitrogen and oxygen atoms in total. The van der Waals surface area contributed by atoms with Crippen molar-refractivity contribution >= 4 is 27.5 Å². The third-order valence-electron chi connectivity index (χ3n) is 4.08. The molecule has 0 bridgehead atoms. The van der Waals surface area contributed by atoms with Crippen LogP contribution in [-0.4, -0.2) is 38.9 Å². The number of nitrogens with zero attached hydrogens (tertiary/aromatic N) is 1. The first-order chi connectivity index (χ1) is 10.3. The van der Waals surface area contributed by atoms with Gasteiger partial charge in [0.2, 0.25) is 15.9 Å². The van der Waals surface area contributed by atoms with E-state index in [1.165, 1.54) is 6.07 Å². The Kier molecular flexibility index (Phi) is 5.47. The van der Waals surface area contributed by atoms with Gasteiger partial charge in [0.05, 0.1) is 4.90 Å². The van der Waals surface area contributed by atoms with Crippen molar-refractivity contribution in [1.82, 2.24) is 9.62 Å². The van der Waals surface area contributed by atoms with Crippen LogP contribution >= 0.6 is 11.6 Å². The SMILES string of the molecule is CC(=O)N1CCC(CNS(=O)(=O)c2ccc(C)c(Cl)c2)CC1. The van der Waals surface area contributed by atoms with Crippen LogP contribution in [0, 0.1) is 12.8 Å². The molecule has 1 N–H and O–H groups in total. The van der Waals surface area contributed by atoms with Crippen molar-refractivity contribution in [2.45, 2.75) is 31.6 Å². The molecule has 1 amide bonds. The van der Waals surface area contributed by atoms with Gasteiger partial charge in [-0.15, -0.1) is 0 Å². The molecule has 0 radical (unpaired) electrons. The number of halogens is 1. The first-order valence-electron chi connectivity index (χ1n) is 7.31. The Morgan fingerprint density at radius 2 is 2.00 bits per heavy atom. The largest absolute Gasteiger partial charge is 0.343 e. The van der Waals surface area contributed by atoms with Crippen molar-refractivity contribution in [1.29, 1.82) is 0 Å². The number of aryl methyl sites for hydroxylation is 1. The molecule has 1 saturated heterocycles. The van der Waals surface area contributed by atoms with Crippen LogP contribution in [0.3, 0.4) is 0 Å². The fraction of sp³-hybridized carbons (Fsp3) is 0.533. The van der Waals surface area contributed by atoms with Crippen molar-refractivity contribution in [2.75, 3.05) is 19.6 Å². The number of hydrogen-bond donors (Lipinski definition) is 1. The van der Waals surface area contributed by atoms with Gasteiger partial charge in [0.15, 0.2) is 0 Å². The second-order valence-electron chi connectivity index (χ2n) is 5.71. The van der Waals surface area contributed by atoms with E-state index in [0.717, 1.165) is 18.4 Å². The van der Waals surface area contributed by atoms with Gasteiger partial charge in [0.25, 0.3) is 0 Å². The molecule has 2 rings (SSSR count). The monoisotopic (exact) mass is 344 g/mol. The Bertz CT molecular complexity index is 653. The second-order valence-corrected chi connectivity index (χ2v) is 7.89. The minimum absolute atomic E-state index is 0.0772. The van der Waals surface area contributed by atoms with E-state index >= 15 is 0 Å². The number of hydrogen-bond acceptors (Lipinski definition) is 3. The average molecular weight is 345 g/mol. The molecular formula is C15H21ClN2O3S. The lowest BCUT2D eigenvalue weighted by molar-refractivity contribution is -0.130. The predicted octanol–water partition coefficient (Wildman–Crippen LogP) is 2.19. The smallest absolute Gasteiger partial charge is 0.240 e. The van der Waals surface area contributed by atoms with Crippen LogP contribution < -0.4 is 4.72 Å². The van der Waals surface area contributed by atoms with E-state index in [1.807, 2.05) is 6.92 Å². The molecule has 0 aromatic heterocycles. The highest BCUT2D eigenvalue weighted by Crippen LogP contribution is 2.21. The summed E-state index contributed by atoms with van der Waals surface area (Å²) in [6.45, 7) is 5.16. The van der Waals surface area contributed by atoms with Crippen molar-refractivity contribution in [3.8, 4) is 0 Å². The Labute approximate surface area is 136 Å². The van der Waals surface area contributed by atoms with Gasteiger partial charge in [-0.3, -0.25) is 4.79 Å². The molecular weight excluding hydrogens is 324 g/mol. The summed E-state index contributed by atoms with van der Waals surface area (Å²) in [4.78, 5) is 13.2. The van der Waals surface area contributed by atoms with Crippen LogP contribution in [0.15, 0.2) is 23.1 Å². The Morgan fingerprint density at radius 1 is 1.36 bits per heavy atom. The average Bonchev–Trinajstić information content (AvgIpc) is 2.48. The number of piperidine rings is 1. The number of carbonyl (C=O) groups excluding carboxylic acids is 1. The number of amides is 1. The second kappa shape index (κ2) is 6.98. The number of rotatable bonds is 4. The molecule has 0 atom stereocenters. The van der Waals surface area contributed by atoms with Gasteiger partial charge in [-0.25, -0.2) is 13.1 Å². The zero-order valence-corrected chi connectivity index (χ0v) is 14.4. The number of carbonyl (C=O) groups is 1. The third-order valence-corrected chi connectivity index (χ3v) is 5.90. The molecule has 0 spiro atoms. The van der Waals surface area contributed by atoms with Gasteiger partial charge in [-0.2, -0.15) is 0 Å². The van der Waals surface area contributed by atoms with E-state index in [4.69, 9.17) is 11.6 Å². The summed E-state index contributed by atoms with van der Waals surface area (Å²) in [5.74, 6) is 0.333. The molecule has 122 valence electrons. The van der Waals surface area contributed by atoms with E-state index < -0.39 is 10.0 Å². The maximum atomic E-state index is 12.3. The molecule has 1 aliphatic rings. The summed E-state index contributed by atoms with van der Waals surface area (Å²) in [6, 6.07) is 4.72. The predicted molar refractivity (Wildman–Crippen MR) is 86.4 cm³/mol. The van der Waals surface area contributed by atoms with E-state index in [9.17, 15) is 13.2 Å². The Hall–Kier alpha value is -1.11. The molecule has 1 heterocycles. The normalized spacial score (nSPS) is 16.8. The highest BCUT2D eigenvalue weighted by molar-refractivity contribution is 7.89. The van der Waals surface area contributed by atoms with Gasteiger partial charge < -0.3 is 4.90 Å². The fourth-order valence-corrected chi connectivity index (χ4v) is 3.89. The van der Waals surface area contributed by atoms with Crippen molar-refractivity contribution in [3.05, 3.63) is 28.8 Å². The van der Waals surface area contributed by atoms with Crippen molar-refractivity contribution in [2.24, 2.45) is 5.92 Å². The van der Waals surface area contributed by atoms with E-state index in [1.54, 1.807) is 24.0 Å². The summed E-state index contributed by atoms with van der Waals surface area (Å²) in [5.41, 5.74) is 0.845. The van der Waals surface area contributed by atoms with E-state index in [0.29, 0.717) is 24.7 Å². The summed E-state index contributed by atoms with van der Waals surface area (Å²) >= 11 is 5.98. The number of sulfonamides is 1. The summed E-state index contributed by atoms with van der Waals surface area (Å²) in [7, 11) is -3.54. The number of likely N-dealkylation sites (tertiary alicyclic amines) is 1. The maximum Gasteiger partial charge on any atom is 0.240 e. The van der Waals surface area contributed by atoms with E-state index in [-0.39, 0.29) is 16.7 Å². The minimum atomic E-state index is -3.54. The first-order valence-corrected chi connectivity index (χ1v) is 9.17. The van der Waals surface area contributed by atoms with Crippen LogP contribution in [0.4, 0.5) is 0 Å². The molecule has 0 aliphatic carbocycles. The third kappa shape index (κ3) is 4.21. The Balaban J connectivity index is 1.93. The van der Waals surface area contributed by atoms with Crippen molar-refractivity contribution < 1.29 is 13.2 Å². The standard InChI is InChI=1S/C15H21ClN2O3S/c1-11-3-4-14(9-15(11)16)22(20,21)17-10-13-5-7-18(8-6-13)12(2)19/h3-4,9,13,17H,5-8,10H2,1-2H3. The first kappa shape index (κ1) is 17.2. The summed E-state index contributed by atoms with van der Waals surface area (Å²) < 4.78 is 27.2. The van der Waals surface area contributed by atoms with Crippen LogP contribution in [0.5, 0.6) is 0 Å². The molecule has 7 heteroatoms. The van der Waals surface area contributed by atoms with E-state index in [2.05, 4.69) is 4.72 Å².